The van der Waals surface area contributed by atoms with Crippen molar-refractivity contribution < 1.29 is 39.6 Å². The Kier molecular flexibility index (Phi) is 16.0. The predicted octanol–water partition coefficient (Wildman–Crippen LogP) is 8.95. The van der Waals surface area contributed by atoms with E-state index in [0.717, 1.165) is 41.1 Å². The number of allylic oxidation sites excluding steroid dienone is 6. The number of hydrogen-bond acceptors (Lipinski definition) is 10. The second-order valence-electron chi connectivity index (χ2n) is 19.0. The van der Waals surface area contributed by atoms with Crippen LogP contribution < -0.4 is 5.73 Å². The molecule has 6 N–H and O–H groups in total. The van der Waals surface area contributed by atoms with Gasteiger partial charge in [0.25, 0.3) is 0 Å². The van der Waals surface area contributed by atoms with Gasteiger partial charge >= 0.3 is 23.9 Å². The number of carboxylic acids is 4. The molecule has 3 aliphatic heterocycles. The molecule has 0 saturated heterocycles. The maximum Gasteiger partial charge on any atom is 0.303 e. The zero-order chi connectivity index (χ0) is 44.8. The van der Waals surface area contributed by atoms with Crippen molar-refractivity contribution in [2.45, 2.75) is 146 Å². The monoisotopic (exact) mass is 824 g/mol. The van der Waals surface area contributed by atoms with Gasteiger partial charge < -0.3 is 26.2 Å². The third-order valence-electron chi connectivity index (χ3n) is 14.1. The highest BCUT2D eigenvalue weighted by Crippen LogP contribution is 2.56. The van der Waals surface area contributed by atoms with Crippen LogP contribution in [0.4, 0.5) is 0 Å². The van der Waals surface area contributed by atoms with Gasteiger partial charge in [0.1, 0.15) is 0 Å². The minimum Gasteiger partial charge on any atom is -0.481 e. The summed E-state index contributed by atoms with van der Waals surface area (Å²) in [6, 6.07) is -0.681. The highest BCUT2D eigenvalue weighted by Gasteiger charge is 2.56. The molecule has 3 aliphatic rings. The normalized spacial score (nSPS) is 28.0. The van der Waals surface area contributed by atoms with Crippen molar-refractivity contribution >= 4 is 41.5 Å². The second kappa shape index (κ2) is 19.3. The Morgan fingerprint density at radius 2 is 1.54 bits per heavy atom. The van der Waals surface area contributed by atoms with Crippen LogP contribution in [0.25, 0.3) is 0 Å². The largest absolute Gasteiger partial charge is 0.481 e. The maximum absolute atomic E-state index is 12.8. The summed E-state index contributed by atoms with van der Waals surface area (Å²) in [5.74, 6) is -5.82. The lowest BCUT2D eigenvalue weighted by Gasteiger charge is -2.47. The van der Waals surface area contributed by atoms with Crippen LogP contribution in [0.5, 0.6) is 0 Å². The Morgan fingerprint density at radius 1 is 0.932 bits per heavy atom. The van der Waals surface area contributed by atoms with Crippen LogP contribution in [-0.2, 0) is 19.2 Å². The predicted molar refractivity (Wildman–Crippen MR) is 230 cm³/mol. The molecule has 3 rings (SSSR count). The Morgan fingerprint density at radius 3 is 2.07 bits per heavy atom. The molecule has 0 fully saturated rings. The Bertz CT molecular complexity index is 1830. The van der Waals surface area contributed by atoms with Crippen molar-refractivity contribution in [1.82, 2.24) is 0 Å². The summed E-state index contributed by atoms with van der Waals surface area (Å²) in [4.78, 5) is 75.8. The van der Waals surface area contributed by atoms with E-state index in [1.807, 2.05) is 67.7 Å². The van der Waals surface area contributed by atoms with E-state index in [-0.39, 0.29) is 68.7 Å². The lowest BCUT2D eigenvalue weighted by Crippen LogP contribution is -2.46. The van der Waals surface area contributed by atoms with Gasteiger partial charge in [-0.2, -0.15) is 4.91 Å². The highest BCUT2D eigenvalue weighted by molar-refractivity contribution is 6.09. The molecule has 0 aromatic rings. The fraction of sp³-hybridized carbons (Fsp3) is 0.711. The molecule has 0 amide bonds. The molecule has 0 aromatic carbocycles. The second-order valence-corrected chi connectivity index (χ2v) is 19.0. The third-order valence-corrected chi connectivity index (χ3v) is 14.1. The first-order valence-corrected chi connectivity index (χ1v) is 21.0. The Hall–Kier alpha value is -4.49. The number of carboxylic acid groups (broad SMARTS) is 4. The fourth-order valence-electron chi connectivity index (χ4n) is 10.2. The van der Waals surface area contributed by atoms with Crippen molar-refractivity contribution in [2.75, 3.05) is 6.54 Å². The van der Waals surface area contributed by atoms with E-state index in [2.05, 4.69) is 25.9 Å². The van der Waals surface area contributed by atoms with Crippen molar-refractivity contribution in [2.24, 2.45) is 77.1 Å². The summed E-state index contributed by atoms with van der Waals surface area (Å²) in [7, 11) is 0. The first-order chi connectivity index (χ1) is 27.3. The molecular formula is C45H69N5O9. The van der Waals surface area contributed by atoms with E-state index >= 15 is 0 Å². The van der Waals surface area contributed by atoms with Gasteiger partial charge in [-0.05, 0) is 75.9 Å². The van der Waals surface area contributed by atoms with Gasteiger partial charge in [0.15, 0.2) is 0 Å². The average molecular weight is 824 g/mol. The summed E-state index contributed by atoms with van der Waals surface area (Å²) in [5, 5.41) is 42.9. The molecule has 0 aromatic heterocycles. The summed E-state index contributed by atoms with van der Waals surface area (Å²) >= 11 is 0. The van der Waals surface area contributed by atoms with Gasteiger partial charge in [0.2, 0.25) is 0 Å². The van der Waals surface area contributed by atoms with Gasteiger partial charge in [-0.25, -0.2) is 0 Å². The molecule has 0 aliphatic carbocycles. The van der Waals surface area contributed by atoms with E-state index in [0.29, 0.717) is 17.8 Å². The molecular weight excluding hydrogens is 755 g/mol. The SMILES string of the molecule is CCCC1/C(=C(\C)C2=NC(C(C)C(C)(CCN=O)C(CCC(=O)O)C(N)=C(C)C)C(CC(=O)O)C2(C)CCC(=O)O)N=C(C=C2N=CC(C)(C)C2CCC(=O)O)C1(C)C. The van der Waals surface area contributed by atoms with Crippen molar-refractivity contribution in [3.05, 3.63) is 39.2 Å². The number of aliphatic carboxylic acids is 4. The molecule has 14 heteroatoms. The highest BCUT2D eigenvalue weighted by atomic mass is 16.4. The van der Waals surface area contributed by atoms with Crippen LogP contribution in [0, 0.1) is 56.2 Å². The zero-order valence-corrected chi connectivity index (χ0v) is 37.1. The Labute approximate surface area is 349 Å². The van der Waals surface area contributed by atoms with Crippen molar-refractivity contribution in [1.29, 1.82) is 0 Å². The third kappa shape index (κ3) is 10.6. The standard InChI is InChI=1S/C45H69N5O9/c1-12-13-30-39(49-33(43(30,8)9)23-32-28(14-16-34(51)52)42(6,7)24-47-32)26(4)41-45(11,19-18-36(55)56)31(22-37(57)58)40(50-41)27(5)44(10,20-21-48-59)29(15-17-35(53)54)38(46)25(2)3/h23-24,27-31,40H,12-22,46H2,1-11H3,(H,51,52)(H,53,54)(H,55,56)(H,57,58)/b32-23?,39-26-. The zero-order valence-electron chi connectivity index (χ0n) is 37.1. The number of aliphatic imine (C=N–C) groups is 3. The van der Waals surface area contributed by atoms with Crippen molar-refractivity contribution in [3.8, 4) is 0 Å². The summed E-state index contributed by atoms with van der Waals surface area (Å²) in [6.45, 7) is 21.8. The first-order valence-electron chi connectivity index (χ1n) is 21.0. The number of carbonyl (C=O) groups is 4. The van der Waals surface area contributed by atoms with Crippen LogP contribution in [0.15, 0.2) is 54.5 Å². The van der Waals surface area contributed by atoms with E-state index in [9.17, 15) is 44.5 Å². The summed E-state index contributed by atoms with van der Waals surface area (Å²) < 4.78 is 0. The van der Waals surface area contributed by atoms with Crippen LogP contribution in [0.2, 0.25) is 0 Å². The molecule has 59 heavy (non-hydrogen) atoms. The number of rotatable bonds is 22. The van der Waals surface area contributed by atoms with E-state index in [1.165, 1.54) is 0 Å². The number of nitrogens with two attached hydrogens (primary N) is 1. The topological polar surface area (TPSA) is 242 Å². The minimum atomic E-state index is -1.06. The molecule has 8 unspecified atom stereocenters. The molecule has 14 nitrogen and oxygen atoms in total. The van der Waals surface area contributed by atoms with Gasteiger partial charge in [-0.1, -0.05) is 72.6 Å². The number of nitroso groups, excluding NO2 is 1. The van der Waals surface area contributed by atoms with E-state index in [1.54, 1.807) is 0 Å². The molecule has 8 atom stereocenters. The van der Waals surface area contributed by atoms with E-state index in [4.69, 9.17) is 20.7 Å². The molecule has 0 bridgehead atoms. The van der Waals surface area contributed by atoms with E-state index < -0.39 is 63.9 Å². The number of hydrogen-bond donors (Lipinski definition) is 5. The van der Waals surface area contributed by atoms with Gasteiger partial charge in [0.05, 0.1) is 19.0 Å². The molecule has 3 heterocycles. The lowest BCUT2D eigenvalue weighted by atomic mass is 9.57. The lowest BCUT2D eigenvalue weighted by molar-refractivity contribution is -0.140. The molecule has 0 spiro atoms. The smallest absolute Gasteiger partial charge is 0.303 e. The fourth-order valence-corrected chi connectivity index (χ4v) is 10.2. The molecule has 0 saturated carbocycles. The first kappa shape index (κ1) is 48.9. The maximum atomic E-state index is 12.8. The van der Waals surface area contributed by atoms with Crippen LogP contribution >= 0.6 is 0 Å². The van der Waals surface area contributed by atoms with Gasteiger partial charge in [0, 0.05) is 93.9 Å². The van der Waals surface area contributed by atoms with Gasteiger partial charge in [-0.3, -0.25) is 34.2 Å². The van der Waals surface area contributed by atoms with Crippen LogP contribution in [-0.4, -0.2) is 74.5 Å². The average Bonchev–Trinajstić information content (AvgIpc) is 3.68. The number of nitrogens with zero attached hydrogens (tertiary/aromatic N) is 4. The van der Waals surface area contributed by atoms with Crippen LogP contribution in [0.3, 0.4) is 0 Å². The summed E-state index contributed by atoms with van der Waals surface area (Å²) in [6.07, 6.45) is 5.72. The van der Waals surface area contributed by atoms with Gasteiger partial charge in [-0.15, -0.1) is 0 Å². The minimum absolute atomic E-state index is 0.00513. The quantitative estimate of drug-likeness (QED) is 0.0649. The van der Waals surface area contributed by atoms with Crippen LogP contribution in [0.1, 0.15) is 140 Å². The molecule has 328 valence electrons. The Balaban J connectivity index is 2.40. The molecule has 0 radical (unpaired) electrons. The summed E-state index contributed by atoms with van der Waals surface area (Å²) in [5.41, 5.74) is 9.03. The van der Waals surface area contributed by atoms with Crippen molar-refractivity contribution in [3.63, 3.8) is 0 Å².